The molecule has 5 aliphatic rings. The van der Waals surface area contributed by atoms with Gasteiger partial charge in [0.15, 0.2) is 23.5 Å². The molecule has 0 unspecified atom stereocenters. The fourth-order valence-corrected chi connectivity index (χ4v) is 10.7. The second-order valence-corrected chi connectivity index (χ2v) is 15.4. The van der Waals surface area contributed by atoms with E-state index in [1.54, 1.807) is 24.3 Å². The normalized spacial score (nSPS) is 39.2. The van der Waals surface area contributed by atoms with Gasteiger partial charge in [-0.05, 0) is 86.1 Å². The molecular weight excluding hydrogens is 582 g/mol. The summed E-state index contributed by atoms with van der Waals surface area (Å²) < 4.78 is 39.4. The van der Waals surface area contributed by atoms with E-state index in [-0.39, 0.29) is 39.7 Å². The molecule has 2 aromatic carbocycles. The van der Waals surface area contributed by atoms with Crippen LogP contribution in [0.1, 0.15) is 51.4 Å². The van der Waals surface area contributed by atoms with E-state index in [2.05, 4.69) is 6.92 Å². The zero-order chi connectivity index (χ0) is 31.2. The van der Waals surface area contributed by atoms with Crippen LogP contribution in [0, 0.1) is 28.6 Å². The number of benzene rings is 2. The van der Waals surface area contributed by atoms with E-state index in [0.29, 0.717) is 17.7 Å². The van der Waals surface area contributed by atoms with Gasteiger partial charge in [0.1, 0.15) is 6.61 Å². The minimum atomic E-state index is -3.78. The number of rotatable bonds is 5. The van der Waals surface area contributed by atoms with Gasteiger partial charge in [0.05, 0.1) is 22.0 Å². The minimum Gasteiger partial charge on any atom is -0.399 e. The number of allylic oxidation sites excluding steroid dienone is 4. The lowest BCUT2D eigenvalue weighted by Crippen LogP contribution is -2.63. The third-order valence-corrected chi connectivity index (χ3v) is 13.2. The van der Waals surface area contributed by atoms with Gasteiger partial charge in [-0.1, -0.05) is 37.6 Å². The lowest BCUT2D eigenvalue weighted by molar-refractivity contribution is -0.201. The van der Waals surface area contributed by atoms with Crippen LogP contribution in [0.25, 0.3) is 0 Å². The van der Waals surface area contributed by atoms with Crippen LogP contribution in [0.15, 0.2) is 82.1 Å². The van der Waals surface area contributed by atoms with Crippen LogP contribution in [0.3, 0.4) is 0 Å². The van der Waals surface area contributed by atoms with Gasteiger partial charge >= 0.3 is 0 Å². The molecule has 2 aromatic rings. The molecule has 0 radical (unpaired) electrons. The summed E-state index contributed by atoms with van der Waals surface area (Å²) in [4.78, 5) is 26.1. The number of hydrogen-bond donors (Lipinski definition) is 3. The summed E-state index contributed by atoms with van der Waals surface area (Å²) in [6.45, 7) is 3.34. The number of aliphatic hydroxyl groups is 2. The second-order valence-electron chi connectivity index (χ2n) is 13.5. The van der Waals surface area contributed by atoms with Gasteiger partial charge < -0.3 is 25.4 Å². The van der Waals surface area contributed by atoms with E-state index in [0.717, 1.165) is 18.4 Å². The molecule has 0 bridgehead atoms. The molecule has 3 saturated carbocycles. The van der Waals surface area contributed by atoms with Gasteiger partial charge in [-0.15, -0.1) is 0 Å². The van der Waals surface area contributed by atoms with Gasteiger partial charge in [-0.25, -0.2) is 8.42 Å². The Balaban J connectivity index is 1.20. The van der Waals surface area contributed by atoms with Gasteiger partial charge in [0, 0.05) is 28.0 Å². The van der Waals surface area contributed by atoms with Crippen molar-refractivity contribution in [3.05, 3.63) is 77.9 Å². The summed E-state index contributed by atoms with van der Waals surface area (Å²) in [5.41, 5.74) is 5.01. The molecule has 7 rings (SSSR count). The number of nitrogens with two attached hydrogens (primary N) is 1. The Morgan fingerprint density at radius 3 is 2.39 bits per heavy atom. The fraction of sp³-hybridized carbons (Fsp3) is 0.471. The quantitative estimate of drug-likeness (QED) is 0.425. The molecular formula is C34H37NO8S. The topological polar surface area (TPSA) is 153 Å². The third kappa shape index (κ3) is 3.94. The van der Waals surface area contributed by atoms with Crippen LogP contribution in [-0.2, 0) is 28.9 Å². The number of carbonyl (C=O) groups excluding carboxylic acids is 2. The number of nitrogen functional groups attached to an aromatic ring is 1. The molecule has 9 atom stereocenters. The van der Waals surface area contributed by atoms with Crippen molar-refractivity contribution in [1.29, 1.82) is 0 Å². The first kappa shape index (κ1) is 29.6. The predicted octanol–water partition coefficient (Wildman–Crippen LogP) is 3.70. The van der Waals surface area contributed by atoms with Crippen molar-refractivity contribution in [2.45, 2.75) is 73.4 Å². The highest BCUT2D eigenvalue weighted by Gasteiger charge is 2.75. The number of ether oxygens (including phenoxy) is 2. The van der Waals surface area contributed by atoms with Crippen molar-refractivity contribution in [1.82, 2.24) is 0 Å². The number of carbonyl (C=O) groups is 2. The Hall–Kier alpha value is -3.15. The molecule has 44 heavy (non-hydrogen) atoms. The summed E-state index contributed by atoms with van der Waals surface area (Å²) in [5, 5.41) is 22.0. The first-order valence-corrected chi connectivity index (χ1v) is 16.6. The molecule has 4 N–H and O–H groups in total. The molecule has 0 spiro atoms. The van der Waals surface area contributed by atoms with Crippen LogP contribution in [0.4, 0.5) is 5.69 Å². The summed E-state index contributed by atoms with van der Waals surface area (Å²) >= 11 is 0. The summed E-state index contributed by atoms with van der Waals surface area (Å²) in [6.07, 6.45) is 5.17. The van der Waals surface area contributed by atoms with Crippen molar-refractivity contribution in [2.24, 2.45) is 28.6 Å². The van der Waals surface area contributed by atoms with E-state index < -0.39 is 57.2 Å². The number of anilines is 1. The maximum absolute atomic E-state index is 13.7. The highest BCUT2D eigenvalue weighted by Crippen LogP contribution is 2.70. The minimum absolute atomic E-state index is 0.0193. The largest absolute Gasteiger partial charge is 0.399 e. The van der Waals surface area contributed by atoms with E-state index >= 15 is 0 Å². The Labute approximate surface area is 256 Å². The molecule has 0 aromatic heterocycles. The number of ketones is 2. The summed E-state index contributed by atoms with van der Waals surface area (Å²) in [5.74, 6) is -0.599. The SMILES string of the molecule is C[C@]12C=CC(=O)C=C1CC[C@@H]1[C@@H]2[C@@H](O)C[C@@]2(C)[C@H]1C[C@H]1O[C@@H](c3ccc(S(=O)(=O)c4ccc(N)cc4)cc3)O[C@]12C(=O)CO. The number of aliphatic hydroxyl groups excluding tert-OH is 2. The van der Waals surface area contributed by atoms with Crippen molar-refractivity contribution in [3.8, 4) is 0 Å². The van der Waals surface area contributed by atoms with Crippen molar-refractivity contribution >= 4 is 27.1 Å². The molecule has 1 heterocycles. The van der Waals surface area contributed by atoms with Crippen LogP contribution in [0.5, 0.6) is 0 Å². The number of Topliss-reactive ketones (excluding diaryl/α,β-unsaturated/α-hetero) is 1. The van der Waals surface area contributed by atoms with E-state index in [4.69, 9.17) is 15.2 Å². The number of sulfone groups is 1. The molecule has 0 amide bonds. The predicted molar refractivity (Wildman–Crippen MR) is 160 cm³/mol. The number of fused-ring (bicyclic) bond motifs is 7. The van der Waals surface area contributed by atoms with Crippen LogP contribution in [0.2, 0.25) is 0 Å². The Kier molecular flexibility index (Phi) is 6.67. The first-order valence-electron chi connectivity index (χ1n) is 15.2. The smallest absolute Gasteiger partial charge is 0.206 e. The lowest BCUT2D eigenvalue weighted by atomic mass is 9.46. The zero-order valence-electron chi connectivity index (χ0n) is 24.7. The molecule has 4 fully saturated rings. The third-order valence-electron chi connectivity index (χ3n) is 11.4. The molecule has 9 nitrogen and oxygen atoms in total. The Morgan fingerprint density at radius 2 is 1.73 bits per heavy atom. The monoisotopic (exact) mass is 619 g/mol. The maximum atomic E-state index is 13.7. The molecule has 1 saturated heterocycles. The van der Waals surface area contributed by atoms with Crippen molar-refractivity contribution in [2.75, 3.05) is 12.3 Å². The number of hydrogen-bond acceptors (Lipinski definition) is 9. The van der Waals surface area contributed by atoms with Crippen molar-refractivity contribution < 1.29 is 37.7 Å². The average molecular weight is 620 g/mol. The van der Waals surface area contributed by atoms with Crippen molar-refractivity contribution in [3.63, 3.8) is 0 Å². The van der Waals surface area contributed by atoms with E-state index in [1.807, 2.05) is 13.0 Å². The fourth-order valence-electron chi connectivity index (χ4n) is 9.42. The summed E-state index contributed by atoms with van der Waals surface area (Å²) in [6, 6.07) is 12.2. The van der Waals surface area contributed by atoms with Crippen LogP contribution >= 0.6 is 0 Å². The zero-order valence-corrected chi connectivity index (χ0v) is 25.5. The molecule has 10 heteroatoms. The van der Waals surface area contributed by atoms with E-state index in [1.165, 1.54) is 36.4 Å². The highest BCUT2D eigenvalue weighted by molar-refractivity contribution is 7.91. The van der Waals surface area contributed by atoms with Crippen LogP contribution < -0.4 is 5.73 Å². The molecule has 1 aliphatic heterocycles. The average Bonchev–Trinajstić information content (AvgIpc) is 3.50. The van der Waals surface area contributed by atoms with Gasteiger partial charge in [-0.2, -0.15) is 0 Å². The second kappa shape index (κ2) is 9.92. The standard InChI is InChI=1S/C34H37NO8S/c1-32-14-13-22(37)15-20(32)5-12-25-26-16-29-34(28(39)18-36,33(26,2)17-27(38)30(25)32)43-31(42-29)19-3-8-23(9-4-19)44(40,41)24-10-6-21(35)7-11-24/h3-4,6-11,13-15,25-27,29-31,36,38H,5,12,16-18,35H2,1-2H3/t25-,26-,27-,29+,30+,31+,32-,33-,34+/m0/s1. The van der Waals surface area contributed by atoms with Crippen LogP contribution in [-0.4, -0.2) is 54.6 Å². The van der Waals surface area contributed by atoms with Gasteiger partial charge in [0.25, 0.3) is 0 Å². The molecule has 232 valence electrons. The van der Waals surface area contributed by atoms with E-state index in [9.17, 15) is 28.2 Å². The highest BCUT2D eigenvalue weighted by atomic mass is 32.2. The van der Waals surface area contributed by atoms with Gasteiger partial charge in [-0.3, -0.25) is 9.59 Å². The molecule has 4 aliphatic carbocycles. The van der Waals surface area contributed by atoms with Gasteiger partial charge in [0.2, 0.25) is 9.84 Å². The maximum Gasteiger partial charge on any atom is 0.206 e. The Morgan fingerprint density at radius 1 is 1.07 bits per heavy atom. The lowest BCUT2D eigenvalue weighted by Gasteiger charge is -2.59. The summed E-state index contributed by atoms with van der Waals surface area (Å²) in [7, 11) is -3.78. The Bertz CT molecular complexity index is 1700. The first-order chi connectivity index (χ1) is 20.8.